The minimum Gasteiger partial charge on any atom is -0.369 e. The highest BCUT2D eigenvalue weighted by atomic mass is 16.2. The van der Waals surface area contributed by atoms with Crippen LogP contribution in [0, 0.1) is 23.7 Å². The summed E-state index contributed by atoms with van der Waals surface area (Å²) in [6.07, 6.45) is 6.24. The fraction of sp³-hybridized carbons (Fsp3) is 0.516. The van der Waals surface area contributed by atoms with E-state index in [1.165, 1.54) is 12.8 Å². The summed E-state index contributed by atoms with van der Waals surface area (Å²) in [5.74, 6) is -1.09. The van der Waals surface area contributed by atoms with E-state index < -0.39 is 23.8 Å². The Morgan fingerprint density at radius 2 is 1.70 bits per heavy atom. The number of carbonyl (C=O) groups excluding carboxylic acids is 3. The van der Waals surface area contributed by atoms with Crippen molar-refractivity contribution in [2.24, 2.45) is 29.4 Å². The number of benzene rings is 2. The first kappa shape index (κ1) is 26.9. The molecule has 0 radical (unpaired) electrons. The Morgan fingerprint density at radius 3 is 2.35 bits per heavy atom. The average molecular weight is 504 g/mol. The van der Waals surface area contributed by atoms with Crippen LogP contribution in [0.25, 0.3) is 11.1 Å². The molecule has 2 aromatic carbocycles. The van der Waals surface area contributed by atoms with Crippen LogP contribution in [-0.4, -0.2) is 24.3 Å². The monoisotopic (exact) mass is 503 g/mol. The van der Waals surface area contributed by atoms with Crippen molar-refractivity contribution in [1.29, 1.82) is 0 Å². The van der Waals surface area contributed by atoms with Gasteiger partial charge in [-0.05, 0) is 48.3 Å². The number of nitrogens with two attached hydrogens (primary N) is 1. The summed E-state index contributed by atoms with van der Waals surface area (Å²) < 4.78 is 0. The van der Waals surface area contributed by atoms with Gasteiger partial charge in [-0.3, -0.25) is 14.4 Å². The van der Waals surface area contributed by atoms with E-state index in [0.717, 1.165) is 41.6 Å². The molecule has 0 aromatic heterocycles. The molecule has 1 aliphatic heterocycles. The summed E-state index contributed by atoms with van der Waals surface area (Å²) in [5, 5.41) is 3.11. The molecule has 0 saturated heterocycles. The van der Waals surface area contributed by atoms with Crippen molar-refractivity contribution in [2.75, 3.05) is 11.4 Å². The quantitative estimate of drug-likeness (QED) is 0.394. The predicted octanol–water partition coefficient (Wildman–Crippen LogP) is 5.61. The van der Waals surface area contributed by atoms with Crippen LogP contribution >= 0.6 is 0 Å². The summed E-state index contributed by atoms with van der Waals surface area (Å²) in [6, 6.07) is 15.0. The zero-order valence-corrected chi connectivity index (χ0v) is 22.4. The third-order valence-electron chi connectivity index (χ3n) is 7.80. The maximum absolute atomic E-state index is 14.2. The zero-order valence-electron chi connectivity index (χ0n) is 22.4. The molecular formula is C31H41N3O3. The molecule has 1 saturated carbocycles. The first-order chi connectivity index (χ1) is 17.8. The standard InChI is InChI=1S/C31H41N3O3/c1-4-5-10-25(29(32)35)26(19-20(2)3)30(36)33-28-24-13-7-6-11-22(24)23-12-8-9-14-27(23)34(31(28)37)18-17-21-15-16-21/h6-9,11-14,20-21,25-26,28H,4-5,10,15-19H2,1-3H3,(H2,32,35)(H,33,36). The average Bonchev–Trinajstić information content (AvgIpc) is 3.71. The highest BCUT2D eigenvalue weighted by molar-refractivity contribution is 6.06. The first-order valence-electron chi connectivity index (χ1n) is 13.9. The van der Waals surface area contributed by atoms with Crippen LogP contribution in [0.2, 0.25) is 0 Å². The SMILES string of the molecule is CCCCC(C(N)=O)C(CC(C)C)C(=O)NC1C(=O)N(CCC2CC2)c2ccccc2-c2ccccc21. The van der Waals surface area contributed by atoms with E-state index >= 15 is 0 Å². The van der Waals surface area contributed by atoms with Crippen LogP contribution < -0.4 is 16.0 Å². The van der Waals surface area contributed by atoms with Crippen molar-refractivity contribution < 1.29 is 14.4 Å². The molecule has 4 rings (SSSR count). The number of para-hydroxylation sites is 1. The maximum Gasteiger partial charge on any atom is 0.254 e. The number of anilines is 1. The van der Waals surface area contributed by atoms with Crippen LogP contribution in [0.15, 0.2) is 48.5 Å². The Hall–Kier alpha value is -3.15. The third kappa shape index (κ3) is 6.23. The zero-order chi connectivity index (χ0) is 26.5. The molecule has 1 aliphatic carbocycles. The molecule has 6 heteroatoms. The van der Waals surface area contributed by atoms with Gasteiger partial charge >= 0.3 is 0 Å². The van der Waals surface area contributed by atoms with Gasteiger partial charge < -0.3 is 16.0 Å². The van der Waals surface area contributed by atoms with Gasteiger partial charge in [0.25, 0.3) is 5.91 Å². The van der Waals surface area contributed by atoms with Crippen molar-refractivity contribution in [1.82, 2.24) is 5.32 Å². The van der Waals surface area contributed by atoms with Gasteiger partial charge in [0.1, 0.15) is 6.04 Å². The smallest absolute Gasteiger partial charge is 0.254 e. The van der Waals surface area contributed by atoms with E-state index in [4.69, 9.17) is 5.73 Å². The molecule has 6 nitrogen and oxygen atoms in total. The second-order valence-corrected chi connectivity index (χ2v) is 11.2. The van der Waals surface area contributed by atoms with E-state index in [9.17, 15) is 14.4 Å². The fourth-order valence-corrected chi connectivity index (χ4v) is 5.60. The van der Waals surface area contributed by atoms with Gasteiger partial charge in [-0.25, -0.2) is 0 Å². The predicted molar refractivity (Wildman–Crippen MR) is 148 cm³/mol. The minimum absolute atomic E-state index is 0.126. The van der Waals surface area contributed by atoms with Gasteiger partial charge in [0.15, 0.2) is 0 Å². The topological polar surface area (TPSA) is 92.5 Å². The maximum atomic E-state index is 14.2. The molecule has 0 spiro atoms. The lowest BCUT2D eigenvalue weighted by atomic mass is 9.81. The lowest BCUT2D eigenvalue weighted by molar-refractivity contribution is -0.136. The Labute approximate surface area is 221 Å². The van der Waals surface area contributed by atoms with Gasteiger partial charge in [0, 0.05) is 23.9 Å². The number of nitrogens with one attached hydrogen (secondary N) is 1. The van der Waals surface area contributed by atoms with Crippen molar-refractivity contribution in [2.45, 2.75) is 71.8 Å². The van der Waals surface area contributed by atoms with E-state index in [0.29, 0.717) is 25.3 Å². The summed E-state index contributed by atoms with van der Waals surface area (Å²) >= 11 is 0. The van der Waals surface area contributed by atoms with Crippen LogP contribution in [0.3, 0.4) is 0 Å². The van der Waals surface area contributed by atoms with E-state index in [-0.39, 0.29) is 17.7 Å². The number of carbonyl (C=O) groups is 3. The Kier molecular flexibility index (Phi) is 8.67. The largest absolute Gasteiger partial charge is 0.369 e. The third-order valence-corrected chi connectivity index (χ3v) is 7.80. The number of unbranched alkanes of at least 4 members (excludes halogenated alkanes) is 1. The van der Waals surface area contributed by atoms with Gasteiger partial charge in [-0.2, -0.15) is 0 Å². The Balaban J connectivity index is 1.71. The molecular weight excluding hydrogens is 462 g/mol. The number of hydrogen-bond donors (Lipinski definition) is 2. The number of rotatable bonds is 12. The summed E-state index contributed by atoms with van der Waals surface area (Å²) in [7, 11) is 0. The summed E-state index contributed by atoms with van der Waals surface area (Å²) in [4.78, 5) is 42.4. The number of primary amides is 1. The van der Waals surface area contributed by atoms with Crippen LogP contribution in [0.1, 0.15) is 77.3 Å². The van der Waals surface area contributed by atoms with Gasteiger partial charge in [0.05, 0.1) is 5.69 Å². The van der Waals surface area contributed by atoms with Gasteiger partial charge in [0.2, 0.25) is 11.8 Å². The van der Waals surface area contributed by atoms with Crippen molar-refractivity contribution in [3.63, 3.8) is 0 Å². The second kappa shape index (κ2) is 11.9. The Bertz CT molecular complexity index is 1120. The second-order valence-electron chi connectivity index (χ2n) is 11.2. The molecule has 3 atom stereocenters. The molecule has 3 amide bonds. The van der Waals surface area contributed by atoms with E-state index in [2.05, 4.69) is 12.2 Å². The highest BCUT2D eigenvalue weighted by Crippen LogP contribution is 2.42. The molecule has 0 bridgehead atoms. The van der Waals surface area contributed by atoms with Crippen LogP contribution in [-0.2, 0) is 14.4 Å². The summed E-state index contributed by atoms with van der Waals surface area (Å²) in [6.45, 7) is 6.77. The molecule has 2 aromatic rings. The lowest BCUT2D eigenvalue weighted by Gasteiger charge is -2.30. The van der Waals surface area contributed by atoms with Crippen molar-refractivity contribution >= 4 is 23.4 Å². The van der Waals surface area contributed by atoms with Crippen molar-refractivity contribution in [3.8, 4) is 11.1 Å². The first-order valence-corrected chi connectivity index (χ1v) is 13.9. The summed E-state index contributed by atoms with van der Waals surface area (Å²) in [5.41, 5.74) is 9.43. The molecule has 2 aliphatic rings. The van der Waals surface area contributed by atoms with Crippen LogP contribution in [0.5, 0.6) is 0 Å². The molecule has 1 fully saturated rings. The van der Waals surface area contributed by atoms with Crippen LogP contribution in [0.4, 0.5) is 5.69 Å². The molecule has 37 heavy (non-hydrogen) atoms. The molecule has 1 heterocycles. The van der Waals surface area contributed by atoms with E-state index in [1.807, 2.05) is 67.3 Å². The number of hydrogen-bond acceptors (Lipinski definition) is 3. The van der Waals surface area contributed by atoms with Crippen molar-refractivity contribution in [3.05, 3.63) is 54.1 Å². The Morgan fingerprint density at radius 1 is 1.03 bits per heavy atom. The molecule has 198 valence electrons. The number of fused-ring (bicyclic) bond motifs is 3. The number of amides is 3. The van der Waals surface area contributed by atoms with Gasteiger partial charge in [-0.15, -0.1) is 0 Å². The lowest BCUT2D eigenvalue weighted by Crippen LogP contribution is -2.47. The van der Waals surface area contributed by atoms with Gasteiger partial charge in [-0.1, -0.05) is 88.9 Å². The number of nitrogens with zero attached hydrogens (tertiary/aromatic N) is 1. The van der Waals surface area contributed by atoms with E-state index in [1.54, 1.807) is 0 Å². The minimum atomic E-state index is -0.829. The molecule has 3 unspecified atom stereocenters. The normalized spacial score (nSPS) is 18.5. The molecule has 3 N–H and O–H groups in total. The highest BCUT2D eigenvalue weighted by Gasteiger charge is 2.39. The fourth-order valence-electron chi connectivity index (χ4n) is 5.60.